The van der Waals surface area contributed by atoms with Gasteiger partial charge < -0.3 is 4.90 Å². The molecule has 3 heterocycles. The number of benzene rings is 2. The second-order valence-electron chi connectivity index (χ2n) is 7.99. The average molecular weight is 476 g/mol. The van der Waals surface area contributed by atoms with Crippen LogP contribution in [0.5, 0.6) is 0 Å². The lowest BCUT2D eigenvalue weighted by Gasteiger charge is -2.36. The number of halogens is 1. The minimum atomic E-state index is -0.147. The quantitative estimate of drug-likeness (QED) is 0.421. The molecule has 0 aliphatic carbocycles. The van der Waals surface area contributed by atoms with Crippen molar-refractivity contribution < 1.29 is 0 Å². The second kappa shape index (κ2) is 9.36. The van der Waals surface area contributed by atoms with Crippen molar-refractivity contribution in [3.8, 4) is 17.2 Å². The number of nitriles is 1. The van der Waals surface area contributed by atoms with Gasteiger partial charge in [0.2, 0.25) is 0 Å². The van der Waals surface area contributed by atoms with E-state index < -0.39 is 0 Å². The summed E-state index contributed by atoms with van der Waals surface area (Å²) in [5, 5.41) is 12.7. The van der Waals surface area contributed by atoms with Crippen molar-refractivity contribution in [2.24, 2.45) is 0 Å². The molecule has 0 spiro atoms. The van der Waals surface area contributed by atoms with E-state index >= 15 is 0 Å². The SMILES string of the molecule is N#CCn1c(CN2CCN(c3ccccc3Cl)CC2)nc2scc(-c3ccccc3)c2c1=O. The maximum Gasteiger partial charge on any atom is 0.263 e. The van der Waals surface area contributed by atoms with Crippen LogP contribution in [0, 0.1) is 11.3 Å². The third-order valence-corrected chi connectivity index (χ3v) is 7.21. The van der Waals surface area contributed by atoms with Gasteiger partial charge in [0.15, 0.2) is 0 Å². The molecule has 0 saturated carbocycles. The molecule has 33 heavy (non-hydrogen) atoms. The van der Waals surface area contributed by atoms with E-state index in [-0.39, 0.29) is 12.1 Å². The van der Waals surface area contributed by atoms with Gasteiger partial charge in [-0.3, -0.25) is 14.3 Å². The van der Waals surface area contributed by atoms with Crippen LogP contribution in [-0.2, 0) is 13.1 Å². The Kier molecular flexibility index (Phi) is 6.14. The largest absolute Gasteiger partial charge is 0.368 e. The number of rotatable bonds is 5. The third-order valence-electron chi connectivity index (χ3n) is 6.02. The third kappa shape index (κ3) is 4.25. The Morgan fingerprint density at radius 2 is 1.76 bits per heavy atom. The van der Waals surface area contributed by atoms with E-state index in [0.717, 1.165) is 52.8 Å². The summed E-state index contributed by atoms with van der Waals surface area (Å²) in [6.45, 7) is 3.84. The lowest BCUT2D eigenvalue weighted by atomic mass is 10.1. The van der Waals surface area contributed by atoms with Crippen molar-refractivity contribution in [3.63, 3.8) is 0 Å². The molecular formula is C25H22ClN5OS. The molecule has 2 aromatic carbocycles. The van der Waals surface area contributed by atoms with Crippen molar-refractivity contribution in [1.29, 1.82) is 5.26 Å². The molecule has 0 bridgehead atoms. The summed E-state index contributed by atoms with van der Waals surface area (Å²) in [5.41, 5.74) is 2.76. The topological polar surface area (TPSA) is 65.2 Å². The summed E-state index contributed by atoms with van der Waals surface area (Å²) in [6, 6.07) is 19.9. The van der Waals surface area contributed by atoms with Gasteiger partial charge in [0.25, 0.3) is 5.56 Å². The zero-order valence-corrected chi connectivity index (χ0v) is 19.5. The van der Waals surface area contributed by atoms with Gasteiger partial charge in [0.1, 0.15) is 17.2 Å². The fourth-order valence-corrected chi connectivity index (χ4v) is 5.52. The number of hydrogen-bond donors (Lipinski definition) is 0. The number of nitrogens with zero attached hydrogens (tertiary/aromatic N) is 5. The fourth-order valence-electron chi connectivity index (χ4n) is 4.31. The highest BCUT2D eigenvalue weighted by atomic mass is 35.5. The number of anilines is 1. The molecule has 5 rings (SSSR count). The average Bonchev–Trinajstić information content (AvgIpc) is 3.27. The highest BCUT2D eigenvalue weighted by Gasteiger charge is 2.22. The molecule has 0 atom stereocenters. The van der Waals surface area contributed by atoms with E-state index in [1.807, 2.05) is 60.0 Å². The Morgan fingerprint density at radius 1 is 1.03 bits per heavy atom. The predicted octanol–water partition coefficient (Wildman–Crippen LogP) is 4.62. The molecule has 1 saturated heterocycles. The monoisotopic (exact) mass is 475 g/mol. The van der Waals surface area contributed by atoms with Crippen LogP contribution in [0.15, 0.2) is 64.8 Å². The molecule has 1 aliphatic heterocycles. The Bertz CT molecular complexity index is 1380. The Balaban J connectivity index is 1.42. The summed E-state index contributed by atoms with van der Waals surface area (Å²) in [5.74, 6) is 0.640. The zero-order chi connectivity index (χ0) is 22.8. The number of piperazine rings is 1. The standard InChI is InChI=1S/C25H22ClN5OS/c26-20-8-4-5-9-21(20)30-14-12-29(13-15-30)16-22-28-24-23(25(32)31(22)11-10-27)19(17-33-24)18-6-2-1-3-7-18/h1-9,17H,11-16H2. The summed E-state index contributed by atoms with van der Waals surface area (Å²) in [7, 11) is 0. The fraction of sp³-hybridized carbons (Fsp3) is 0.240. The molecule has 4 aromatic rings. The van der Waals surface area contributed by atoms with Crippen LogP contribution >= 0.6 is 22.9 Å². The molecule has 166 valence electrons. The van der Waals surface area contributed by atoms with E-state index in [2.05, 4.69) is 15.9 Å². The van der Waals surface area contributed by atoms with E-state index in [1.54, 1.807) is 0 Å². The van der Waals surface area contributed by atoms with Gasteiger partial charge in [-0.15, -0.1) is 11.3 Å². The highest BCUT2D eigenvalue weighted by molar-refractivity contribution is 7.17. The van der Waals surface area contributed by atoms with Crippen molar-refractivity contribution in [2.45, 2.75) is 13.1 Å². The van der Waals surface area contributed by atoms with Gasteiger partial charge >= 0.3 is 0 Å². The molecule has 8 heteroatoms. The van der Waals surface area contributed by atoms with E-state index in [9.17, 15) is 10.1 Å². The van der Waals surface area contributed by atoms with Crippen molar-refractivity contribution >= 4 is 38.8 Å². The minimum absolute atomic E-state index is 0.0131. The van der Waals surface area contributed by atoms with Crippen molar-refractivity contribution in [3.05, 3.63) is 81.2 Å². The van der Waals surface area contributed by atoms with Crippen molar-refractivity contribution in [2.75, 3.05) is 31.1 Å². The predicted molar refractivity (Wildman–Crippen MR) is 134 cm³/mol. The van der Waals surface area contributed by atoms with E-state index in [4.69, 9.17) is 16.6 Å². The van der Waals surface area contributed by atoms with Crippen LogP contribution in [-0.4, -0.2) is 40.6 Å². The van der Waals surface area contributed by atoms with Gasteiger partial charge in [-0.05, 0) is 17.7 Å². The molecule has 0 N–H and O–H groups in total. The summed E-state index contributed by atoms with van der Waals surface area (Å²) in [4.78, 5) is 23.6. The molecule has 2 aromatic heterocycles. The normalized spacial score (nSPS) is 14.5. The number of hydrogen-bond acceptors (Lipinski definition) is 6. The zero-order valence-electron chi connectivity index (χ0n) is 17.9. The van der Waals surface area contributed by atoms with Crippen LogP contribution in [0.1, 0.15) is 5.82 Å². The molecule has 0 unspecified atom stereocenters. The van der Waals surface area contributed by atoms with E-state index in [0.29, 0.717) is 17.8 Å². The van der Waals surface area contributed by atoms with Gasteiger partial charge in [0.05, 0.1) is 28.7 Å². The first-order chi connectivity index (χ1) is 16.2. The van der Waals surface area contributed by atoms with Gasteiger partial charge in [0, 0.05) is 37.1 Å². The lowest BCUT2D eigenvalue weighted by Crippen LogP contribution is -2.46. The van der Waals surface area contributed by atoms with Gasteiger partial charge in [-0.2, -0.15) is 5.26 Å². The summed E-state index contributed by atoms with van der Waals surface area (Å²) in [6.07, 6.45) is 0. The van der Waals surface area contributed by atoms with Crippen LogP contribution in [0.3, 0.4) is 0 Å². The second-order valence-corrected chi connectivity index (χ2v) is 9.25. The maximum absolute atomic E-state index is 13.4. The Labute approximate surface area is 200 Å². The smallest absolute Gasteiger partial charge is 0.263 e. The maximum atomic E-state index is 13.4. The van der Waals surface area contributed by atoms with E-state index in [1.165, 1.54) is 15.9 Å². The first-order valence-electron chi connectivity index (χ1n) is 10.8. The molecule has 6 nitrogen and oxygen atoms in total. The summed E-state index contributed by atoms with van der Waals surface area (Å²) < 4.78 is 1.53. The van der Waals surface area contributed by atoms with Gasteiger partial charge in [-0.25, -0.2) is 4.98 Å². The van der Waals surface area contributed by atoms with Crippen LogP contribution in [0.4, 0.5) is 5.69 Å². The highest BCUT2D eigenvalue weighted by Crippen LogP contribution is 2.31. The molecular weight excluding hydrogens is 454 g/mol. The van der Waals surface area contributed by atoms with Crippen LogP contribution < -0.4 is 10.5 Å². The Hall–Kier alpha value is -3.18. The minimum Gasteiger partial charge on any atom is -0.368 e. The molecule has 1 fully saturated rings. The molecule has 0 amide bonds. The molecule has 0 radical (unpaired) electrons. The number of fused-ring (bicyclic) bond motifs is 1. The summed E-state index contributed by atoms with van der Waals surface area (Å²) >= 11 is 7.84. The number of thiophene rings is 1. The first-order valence-corrected chi connectivity index (χ1v) is 12.1. The number of aromatic nitrogens is 2. The molecule has 1 aliphatic rings. The van der Waals surface area contributed by atoms with Crippen LogP contribution in [0.2, 0.25) is 5.02 Å². The van der Waals surface area contributed by atoms with Gasteiger partial charge in [-0.1, -0.05) is 54.1 Å². The number of para-hydroxylation sites is 1. The first kappa shape index (κ1) is 21.7. The Morgan fingerprint density at radius 3 is 2.48 bits per heavy atom. The lowest BCUT2D eigenvalue weighted by molar-refractivity contribution is 0.240. The van der Waals surface area contributed by atoms with Crippen molar-refractivity contribution in [1.82, 2.24) is 14.5 Å². The van der Waals surface area contributed by atoms with Crippen LogP contribution in [0.25, 0.3) is 21.3 Å².